The summed E-state index contributed by atoms with van der Waals surface area (Å²) in [4.78, 5) is 16.7. The lowest BCUT2D eigenvalue weighted by molar-refractivity contribution is 0.0964. The minimum atomic E-state index is -0.314. The van der Waals surface area contributed by atoms with E-state index in [4.69, 9.17) is 33.2 Å². The van der Waals surface area contributed by atoms with Crippen LogP contribution in [0.4, 0.5) is 0 Å². The van der Waals surface area contributed by atoms with Crippen molar-refractivity contribution < 1.29 is 9.53 Å². The van der Waals surface area contributed by atoms with Gasteiger partial charge >= 0.3 is 0 Å². The number of aromatic nitrogens is 1. The molecule has 0 radical (unpaired) electrons. The third kappa shape index (κ3) is 4.40. The number of Topliss-reactive ketones (excluding diaryl/α,β-unsaturated/α-hetero) is 1. The summed E-state index contributed by atoms with van der Waals surface area (Å²) in [6, 6.07) is 10.6. The van der Waals surface area contributed by atoms with Gasteiger partial charge in [-0.05, 0) is 49.9 Å². The molecular formula is C23H18Cl2N2O2. The second kappa shape index (κ2) is 8.46. The summed E-state index contributed by atoms with van der Waals surface area (Å²) in [7, 11) is 0. The van der Waals surface area contributed by atoms with Crippen molar-refractivity contribution in [1.29, 1.82) is 5.26 Å². The summed E-state index contributed by atoms with van der Waals surface area (Å²) in [6.07, 6.45) is 4.31. The first-order valence-corrected chi connectivity index (χ1v) is 10.4. The Kier molecular flexibility index (Phi) is 5.76. The van der Waals surface area contributed by atoms with E-state index >= 15 is 0 Å². The molecule has 6 heteroatoms. The molecule has 1 heterocycles. The van der Waals surface area contributed by atoms with Crippen LogP contribution in [0.15, 0.2) is 30.3 Å². The third-order valence-electron chi connectivity index (χ3n) is 5.42. The minimum Gasteiger partial charge on any atom is -0.490 e. The molecule has 2 aliphatic rings. The van der Waals surface area contributed by atoms with Gasteiger partial charge in [-0.3, -0.25) is 4.79 Å². The van der Waals surface area contributed by atoms with Gasteiger partial charge in [0.15, 0.2) is 5.78 Å². The van der Waals surface area contributed by atoms with Gasteiger partial charge in [-0.15, -0.1) is 0 Å². The number of carbonyl (C=O) groups excluding carboxylic acids is 1. The van der Waals surface area contributed by atoms with Gasteiger partial charge in [0.05, 0.1) is 28.3 Å². The number of ketones is 1. The Morgan fingerprint density at radius 1 is 1.07 bits per heavy atom. The predicted octanol–water partition coefficient (Wildman–Crippen LogP) is 5.26. The van der Waals surface area contributed by atoms with Crippen LogP contribution >= 0.6 is 23.2 Å². The molecule has 1 aromatic heterocycles. The molecule has 0 spiro atoms. The van der Waals surface area contributed by atoms with Crippen molar-refractivity contribution in [2.24, 2.45) is 11.8 Å². The zero-order valence-electron chi connectivity index (χ0n) is 15.6. The maximum absolute atomic E-state index is 12.5. The maximum Gasteiger partial charge on any atom is 0.180 e. The lowest BCUT2D eigenvalue weighted by Crippen LogP contribution is -2.23. The Morgan fingerprint density at radius 3 is 2.59 bits per heavy atom. The molecule has 2 aromatic rings. The number of carbonyl (C=O) groups is 1. The van der Waals surface area contributed by atoms with Crippen molar-refractivity contribution in [3.63, 3.8) is 0 Å². The molecule has 29 heavy (non-hydrogen) atoms. The van der Waals surface area contributed by atoms with Gasteiger partial charge in [-0.1, -0.05) is 35.0 Å². The van der Waals surface area contributed by atoms with Crippen LogP contribution in [0.25, 0.3) is 0 Å². The molecular weight excluding hydrogens is 407 g/mol. The second-order valence-electron chi connectivity index (χ2n) is 7.38. The van der Waals surface area contributed by atoms with Gasteiger partial charge in [-0.2, -0.15) is 5.26 Å². The van der Waals surface area contributed by atoms with E-state index in [0.29, 0.717) is 33.5 Å². The van der Waals surface area contributed by atoms with Crippen LogP contribution in [0.5, 0.6) is 5.75 Å². The quantitative estimate of drug-likeness (QED) is 0.487. The van der Waals surface area contributed by atoms with E-state index in [0.717, 1.165) is 31.4 Å². The number of hydrogen-bond acceptors (Lipinski definition) is 4. The predicted molar refractivity (Wildman–Crippen MR) is 111 cm³/mol. The number of rotatable bonds is 2. The highest BCUT2D eigenvalue weighted by atomic mass is 35.5. The van der Waals surface area contributed by atoms with Crippen LogP contribution in [0, 0.1) is 35.0 Å². The first kappa shape index (κ1) is 19.8. The van der Waals surface area contributed by atoms with Crippen LogP contribution in [0.3, 0.4) is 0 Å². The topological polar surface area (TPSA) is 63.0 Å². The molecule has 0 saturated heterocycles. The average Bonchev–Trinajstić information content (AvgIpc) is 3.02. The minimum absolute atomic E-state index is 0.0476. The number of hydrogen-bond donors (Lipinski definition) is 0. The average molecular weight is 425 g/mol. The second-order valence-corrected chi connectivity index (χ2v) is 8.18. The summed E-state index contributed by atoms with van der Waals surface area (Å²) < 4.78 is 6.02. The normalized spacial score (nSPS) is 22.9. The fraction of sp³-hybridized carbons (Fsp3) is 0.348. The summed E-state index contributed by atoms with van der Waals surface area (Å²) in [5, 5.41) is 9.76. The Morgan fingerprint density at radius 2 is 1.86 bits per heavy atom. The molecule has 2 aliphatic carbocycles. The molecule has 4 rings (SSSR count). The van der Waals surface area contributed by atoms with Gasteiger partial charge in [0.25, 0.3) is 0 Å². The van der Waals surface area contributed by atoms with Gasteiger partial charge < -0.3 is 4.74 Å². The Hall–Kier alpha value is -2.53. The summed E-state index contributed by atoms with van der Waals surface area (Å²) in [5.41, 5.74) is 1.84. The lowest BCUT2D eigenvalue weighted by Gasteiger charge is -2.26. The summed E-state index contributed by atoms with van der Waals surface area (Å²) in [6.45, 7) is 0. The molecule has 1 aromatic carbocycles. The SMILES string of the molecule is N#Cc1ccc(O[C@H]2CC[C@H](C#CC3Cc4nc(Cl)ccc4C3=O)CC2)cc1Cl. The van der Waals surface area contributed by atoms with E-state index in [9.17, 15) is 4.79 Å². The third-order valence-corrected chi connectivity index (χ3v) is 5.94. The molecule has 0 amide bonds. The van der Waals surface area contributed by atoms with Crippen molar-refractivity contribution in [2.45, 2.75) is 38.2 Å². The number of pyridine rings is 1. The lowest BCUT2D eigenvalue weighted by atomic mass is 9.87. The van der Waals surface area contributed by atoms with Crippen LogP contribution in [0.1, 0.15) is 47.3 Å². The highest BCUT2D eigenvalue weighted by Crippen LogP contribution is 2.30. The van der Waals surface area contributed by atoms with Crippen LogP contribution in [-0.2, 0) is 6.42 Å². The van der Waals surface area contributed by atoms with E-state index in [2.05, 4.69) is 16.8 Å². The van der Waals surface area contributed by atoms with E-state index in [1.165, 1.54) is 0 Å². The van der Waals surface area contributed by atoms with Crippen molar-refractivity contribution in [3.05, 3.63) is 57.3 Å². The molecule has 1 saturated carbocycles. The van der Waals surface area contributed by atoms with E-state index in [1.807, 2.05) is 6.07 Å². The van der Waals surface area contributed by atoms with Crippen molar-refractivity contribution >= 4 is 29.0 Å². The Labute approximate surface area is 179 Å². The highest BCUT2D eigenvalue weighted by Gasteiger charge is 2.31. The zero-order chi connectivity index (χ0) is 20.4. The molecule has 0 aliphatic heterocycles. The van der Waals surface area contributed by atoms with E-state index in [1.54, 1.807) is 30.3 Å². The molecule has 0 bridgehead atoms. The highest BCUT2D eigenvalue weighted by molar-refractivity contribution is 6.31. The molecule has 1 atom stereocenters. The number of nitriles is 1. The van der Waals surface area contributed by atoms with E-state index < -0.39 is 0 Å². The molecule has 4 nitrogen and oxygen atoms in total. The molecule has 1 fully saturated rings. The zero-order valence-corrected chi connectivity index (χ0v) is 17.1. The Balaban J connectivity index is 1.32. The molecule has 0 N–H and O–H groups in total. The van der Waals surface area contributed by atoms with Gasteiger partial charge in [0.1, 0.15) is 17.0 Å². The molecule has 146 valence electrons. The first-order valence-electron chi connectivity index (χ1n) is 9.60. The van der Waals surface area contributed by atoms with Crippen molar-refractivity contribution in [2.75, 3.05) is 0 Å². The largest absolute Gasteiger partial charge is 0.490 e. The van der Waals surface area contributed by atoms with Crippen LogP contribution in [-0.4, -0.2) is 16.9 Å². The number of nitrogens with zero attached hydrogens (tertiary/aromatic N) is 2. The van der Waals surface area contributed by atoms with E-state index in [-0.39, 0.29) is 23.7 Å². The standard InChI is InChI=1S/C23H18Cl2N2O2/c24-20-12-18(8-5-16(20)13-26)29-17-6-2-14(3-7-17)1-4-15-11-21-19(23(15)28)9-10-22(25)27-21/h5,8-10,12,14-15,17H,2-3,6-7,11H2/t14-,15?,17-. The van der Waals surface area contributed by atoms with Crippen molar-refractivity contribution in [3.8, 4) is 23.7 Å². The van der Waals surface area contributed by atoms with Gasteiger partial charge in [-0.25, -0.2) is 4.98 Å². The fourth-order valence-corrected chi connectivity index (χ4v) is 4.22. The van der Waals surface area contributed by atoms with Gasteiger partial charge in [0, 0.05) is 24.0 Å². The number of benzene rings is 1. The number of ether oxygens (including phenoxy) is 1. The van der Waals surface area contributed by atoms with Crippen LogP contribution in [0.2, 0.25) is 10.2 Å². The summed E-state index contributed by atoms with van der Waals surface area (Å²) >= 11 is 12.0. The van der Waals surface area contributed by atoms with Crippen LogP contribution < -0.4 is 4.74 Å². The van der Waals surface area contributed by atoms with Gasteiger partial charge in [0.2, 0.25) is 0 Å². The fourth-order valence-electron chi connectivity index (χ4n) is 3.84. The Bertz CT molecular complexity index is 1060. The monoisotopic (exact) mass is 424 g/mol. The number of fused-ring (bicyclic) bond motifs is 1. The molecule has 1 unspecified atom stereocenters. The summed E-state index contributed by atoms with van der Waals surface area (Å²) in [5.74, 6) is 7.18. The first-order chi connectivity index (χ1) is 14.0. The van der Waals surface area contributed by atoms with Crippen molar-refractivity contribution in [1.82, 2.24) is 4.98 Å². The number of halogens is 2. The maximum atomic E-state index is 12.5. The smallest absolute Gasteiger partial charge is 0.180 e.